The lowest BCUT2D eigenvalue weighted by Crippen LogP contribution is -2.48. The van der Waals surface area contributed by atoms with E-state index in [9.17, 15) is 19.2 Å². The average Bonchev–Trinajstić information content (AvgIpc) is 3.31. The van der Waals surface area contributed by atoms with Crippen molar-refractivity contribution in [3.63, 3.8) is 0 Å². The third-order valence-electron chi connectivity index (χ3n) is 6.34. The fourth-order valence-electron chi connectivity index (χ4n) is 4.87. The highest BCUT2D eigenvalue weighted by Crippen LogP contribution is 2.36. The summed E-state index contributed by atoms with van der Waals surface area (Å²) in [7, 11) is 0. The Hall–Kier alpha value is -3.85. The van der Waals surface area contributed by atoms with Gasteiger partial charge in [-0.25, -0.2) is 4.90 Å². The van der Waals surface area contributed by atoms with E-state index < -0.39 is 41.3 Å². The molecule has 0 spiro atoms. The summed E-state index contributed by atoms with van der Waals surface area (Å²) >= 11 is 1.11. The molecule has 8 nitrogen and oxygen atoms in total. The third kappa shape index (κ3) is 3.54. The third-order valence-corrected chi connectivity index (χ3v) is 7.41. The van der Waals surface area contributed by atoms with Gasteiger partial charge in [0.15, 0.2) is 4.80 Å². The van der Waals surface area contributed by atoms with Crippen LogP contribution in [0.2, 0.25) is 0 Å². The van der Waals surface area contributed by atoms with Crippen LogP contribution in [0, 0.1) is 5.92 Å². The average molecular weight is 490 g/mol. The topological polar surface area (TPSA) is 98.0 Å². The van der Waals surface area contributed by atoms with Crippen LogP contribution in [0.4, 0.5) is 5.69 Å². The van der Waals surface area contributed by atoms with Crippen LogP contribution >= 0.6 is 11.3 Å². The summed E-state index contributed by atoms with van der Waals surface area (Å²) < 4.78 is 7.05. The molecule has 35 heavy (non-hydrogen) atoms. The highest BCUT2D eigenvalue weighted by Gasteiger charge is 2.42. The van der Waals surface area contributed by atoms with Gasteiger partial charge in [0, 0.05) is 12.5 Å². The summed E-state index contributed by atoms with van der Waals surface area (Å²) in [4.78, 5) is 58.8. The van der Waals surface area contributed by atoms with Crippen LogP contribution in [0.15, 0.2) is 64.4 Å². The maximum Gasteiger partial charge on any atom is 0.313 e. The van der Waals surface area contributed by atoms with Crippen LogP contribution in [0.5, 0.6) is 0 Å². The zero-order chi connectivity index (χ0) is 24.9. The van der Waals surface area contributed by atoms with Gasteiger partial charge in [-0.15, -0.1) is 0 Å². The minimum absolute atomic E-state index is 0.176. The number of para-hydroxylation sites is 1. The van der Waals surface area contributed by atoms with Gasteiger partial charge in [0.05, 0.1) is 30.0 Å². The summed E-state index contributed by atoms with van der Waals surface area (Å²) in [5, 5.41) is 0. The lowest BCUT2D eigenvalue weighted by Gasteiger charge is -2.32. The van der Waals surface area contributed by atoms with Crippen LogP contribution < -0.4 is 19.8 Å². The fourth-order valence-corrected chi connectivity index (χ4v) is 6.05. The molecule has 1 aromatic heterocycles. The van der Waals surface area contributed by atoms with E-state index in [0.717, 1.165) is 21.8 Å². The molecule has 9 heteroatoms. The first-order valence-corrected chi connectivity index (χ1v) is 12.2. The van der Waals surface area contributed by atoms with Gasteiger partial charge in [-0.1, -0.05) is 59.9 Å². The molecule has 0 saturated heterocycles. The first-order valence-electron chi connectivity index (χ1n) is 11.3. The van der Waals surface area contributed by atoms with Gasteiger partial charge in [0.1, 0.15) is 10.5 Å². The van der Waals surface area contributed by atoms with Crippen LogP contribution in [-0.2, 0) is 19.1 Å². The van der Waals surface area contributed by atoms with E-state index in [-0.39, 0.29) is 16.7 Å². The van der Waals surface area contributed by atoms with Crippen molar-refractivity contribution in [3.05, 3.63) is 85.4 Å². The molecule has 5 rings (SSSR count). The minimum atomic E-state index is -0.713. The van der Waals surface area contributed by atoms with Crippen LogP contribution in [0.1, 0.15) is 37.9 Å². The van der Waals surface area contributed by atoms with Gasteiger partial charge in [-0.2, -0.15) is 0 Å². The van der Waals surface area contributed by atoms with Crippen LogP contribution in [0.25, 0.3) is 5.57 Å². The molecule has 3 aromatic rings. The molecule has 178 valence electrons. The maximum absolute atomic E-state index is 13.9. The summed E-state index contributed by atoms with van der Waals surface area (Å²) in [6.45, 7) is 5.09. The zero-order valence-electron chi connectivity index (χ0n) is 19.4. The number of hydrogen-bond acceptors (Lipinski definition) is 7. The standard InChI is InChI=1S/C26H23N3O5S/c1-4-34-25(33)19-14(2)27-26-29(21(19)16-10-6-5-7-11-16)24(32)22(35-26)20-17-12-8-9-13-18(17)28(15(3)30)23(20)31/h5-14,19,21H,4H2,1-3H3/b22-20-. The van der Waals surface area contributed by atoms with E-state index in [4.69, 9.17) is 4.74 Å². The maximum atomic E-state index is 13.9. The smallest absolute Gasteiger partial charge is 0.313 e. The lowest BCUT2D eigenvalue weighted by atomic mass is 9.86. The molecule has 0 fully saturated rings. The van der Waals surface area contributed by atoms with Gasteiger partial charge < -0.3 is 4.74 Å². The van der Waals surface area contributed by atoms with E-state index in [2.05, 4.69) is 4.99 Å². The van der Waals surface area contributed by atoms with Crippen molar-refractivity contribution in [3.8, 4) is 0 Å². The molecule has 2 aromatic carbocycles. The number of thiazole rings is 1. The number of rotatable bonds is 3. The lowest BCUT2D eigenvalue weighted by molar-refractivity contribution is -0.150. The molecule has 3 atom stereocenters. The quantitative estimate of drug-likeness (QED) is 0.523. The van der Waals surface area contributed by atoms with Gasteiger partial charge >= 0.3 is 5.97 Å². The Kier molecular flexibility index (Phi) is 5.72. The molecular weight excluding hydrogens is 466 g/mol. The number of aromatic nitrogens is 1. The van der Waals surface area contributed by atoms with E-state index >= 15 is 0 Å². The molecule has 2 amide bonds. The van der Waals surface area contributed by atoms with Crippen molar-refractivity contribution in [1.29, 1.82) is 0 Å². The molecule has 2 aliphatic heterocycles. The number of ether oxygens (including phenoxy) is 1. The number of esters is 1. The number of fused-ring (bicyclic) bond motifs is 2. The van der Waals surface area contributed by atoms with E-state index in [1.807, 2.05) is 37.3 Å². The van der Waals surface area contributed by atoms with Gasteiger partial charge in [0.2, 0.25) is 5.91 Å². The number of hydrogen-bond donors (Lipinski definition) is 0. The second-order valence-electron chi connectivity index (χ2n) is 8.44. The van der Waals surface area contributed by atoms with Crippen molar-refractivity contribution < 1.29 is 19.1 Å². The van der Waals surface area contributed by atoms with Crippen molar-refractivity contribution in [2.75, 3.05) is 11.5 Å². The Morgan fingerprint density at radius 1 is 1.06 bits per heavy atom. The summed E-state index contributed by atoms with van der Waals surface area (Å²) in [5.74, 6) is -2.11. The molecule has 0 bridgehead atoms. The molecule has 3 heterocycles. The summed E-state index contributed by atoms with van der Waals surface area (Å²) in [5.41, 5.74) is 1.50. The van der Waals surface area contributed by atoms with E-state index in [1.54, 1.807) is 31.2 Å². The van der Waals surface area contributed by atoms with Crippen LogP contribution in [0.3, 0.4) is 0 Å². The number of imide groups is 1. The number of carbonyl (C=O) groups excluding carboxylic acids is 3. The van der Waals surface area contributed by atoms with Gasteiger partial charge in [-0.05, 0) is 25.5 Å². The van der Waals surface area contributed by atoms with Crippen molar-refractivity contribution in [1.82, 2.24) is 4.57 Å². The highest BCUT2D eigenvalue weighted by molar-refractivity contribution is 7.07. The van der Waals surface area contributed by atoms with Gasteiger partial charge in [0.25, 0.3) is 11.5 Å². The highest BCUT2D eigenvalue weighted by atomic mass is 32.1. The number of carbonyl (C=O) groups is 3. The Bertz CT molecular complexity index is 1540. The Labute approximate surface area is 204 Å². The fraction of sp³-hybridized carbons (Fsp3) is 0.269. The first kappa shape index (κ1) is 22.9. The minimum Gasteiger partial charge on any atom is -0.466 e. The number of benzene rings is 2. The summed E-state index contributed by atoms with van der Waals surface area (Å²) in [6.07, 6.45) is 0. The molecule has 0 radical (unpaired) electrons. The molecule has 0 aliphatic carbocycles. The van der Waals surface area contributed by atoms with Crippen molar-refractivity contribution >= 4 is 40.4 Å². The number of nitrogens with zero attached hydrogens (tertiary/aromatic N) is 3. The van der Waals surface area contributed by atoms with Crippen molar-refractivity contribution in [2.24, 2.45) is 10.9 Å². The first-order chi connectivity index (χ1) is 16.8. The molecule has 3 unspecified atom stereocenters. The second-order valence-corrected chi connectivity index (χ2v) is 9.42. The monoisotopic (exact) mass is 489 g/mol. The Morgan fingerprint density at radius 2 is 1.74 bits per heavy atom. The number of anilines is 1. The van der Waals surface area contributed by atoms with E-state index in [0.29, 0.717) is 16.1 Å². The number of amides is 2. The normalized spacial score (nSPS) is 22.3. The molecule has 2 aliphatic rings. The van der Waals surface area contributed by atoms with Crippen LogP contribution in [-0.4, -0.2) is 35.0 Å². The SMILES string of the molecule is CCOC(=O)C1C(C)N=c2s/c(=C3\C(=O)N(C(C)=O)c4ccccc43)c(=O)n2C1c1ccccc1. The Morgan fingerprint density at radius 3 is 2.43 bits per heavy atom. The van der Waals surface area contributed by atoms with E-state index in [1.165, 1.54) is 11.5 Å². The second kappa shape index (κ2) is 8.74. The Balaban J connectivity index is 1.82. The molecule has 0 saturated carbocycles. The summed E-state index contributed by atoms with van der Waals surface area (Å²) in [6, 6.07) is 15.1. The molecular formula is C26H23N3O5S. The van der Waals surface area contributed by atoms with Crippen molar-refractivity contribution in [2.45, 2.75) is 32.9 Å². The zero-order valence-corrected chi connectivity index (χ0v) is 20.2. The molecule has 0 N–H and O–H groups in total. The van der Waals surface area contributed by atoms with Gasteiger partial charge in [-0.3, -0.25) is 28.7 Å². The largest absolute Gasteiger partial charge is 0.466 e. The predicted molar refractivity (Wildman–Crippen MR) is 131 cm³/mol. The predicted octanol–water partition coefficient (Wildman–Crippen LogP) is 1.79.